The Morgan fingerprint density at radius 3 is 2.60 bits per heavy atom. The highest BCUT2D eigenvalue weighted by atomic mass is 16.5. The summed E-state index contributed by atoms with van der Waals surface area (Å²) in [4.78, 5) is 27.3. The summed E-state index contributed by atoms with van der Waals surface area (Å²) < 4.78 is 5.14. The maximum absolute atomic E-state index is 12.8. The van der Waals surface area contributed by atoms with E-state index in [1.165, 1.54) is 6.42 Å². The van der Waals surface area contributed by atoms with Crippen LogP contribution in [0.1, 0.15) is 38.2 Å². The number of nitrogens with zero attached hydrogens (tertiary/aromatic N) is 1. The van der Waals surface area contributed by atoms with Gasteiger partial charge in [0.1, 0.15) is 11.2 Å². The predicted octanol–water partition coefficient (Wildman–Crippen LogP) is 2.39. The fourth-order valence-electron chi connectivity index (χ4n) is 3.62. The molecular formula is C20H28N2O3. The van der Waals surface area contributed by atoms with Crippen molar-refractivity contribution in [3.63, 3.8) is 0 Å². The first kappa shape index (κ1) is 17.8. The molecule has 1 unspecified atom stereocenters. The fraction of sp³-hybridized carbons (Fsp3) is 0.600. The first-order valence-electron chi connectivity index (χ1n) is 9.26. The molecule has 0 spiro atoms. The lowest BCUT2D eigenvalue weighted by Crippen LogP contribution is -2.48. The number of carbonyl (C=O) groups excluding carboxylic acids is 2. The van der Waals surface area contributed by atoms with Crippen LogP contribution in [0.5, 0.6) is 5.75 Å². The highest BCUT2D eigenvalue weighted by molar-refractivity contribution is 6.07. The monoisotopic (exact) mass is 344 g/mol. The van der Waals surface area contributed by atoms with Crippen LogP contribution >= 0.6 is 0 Å². The van der Waals surface area contributed by atoms with E-state index in [1.807, 2.05) is 29.2 Å². The van der Waals surface area contributed by atoms with Crippen molar-refractivity contribution in [3.05, 3.63) is 29.8 Å². The first-order chi connectivity index (χ1) is 12.0. The number of methoxy groups -OCH3 is 1. The Labute approximate surface area is 149 Å². The molecular weight excluding hydrogens is 316 g/mol. The van der Waals surface area contributed by atoms with Crippen LogP contribution in [0.2, 0.25) is 0 Å². The normalized spacial score (nSPS) is 21.5. The van der Waals surface area contributed by atoms with Gasteiger partial charge in [-0.25, -0.2) is 0 Å². The van der Waals surface area contributed by atoms with E-state index < -0.39 is 5.41 Å². The molecule has 5 heteroatoms. The van der Waals surface area contributed by atoms with Crippen molar-refractivity contribution in [2.24, 2.45) is 11.3 Å². The standard InChI is InChI=1S/C20H28N2O3/c1-15-4-3-13-22(14-15)19(24)20(10-11-20)18(23)21-12-9-16-5-7-17(25-2)8-6-16/h5-8,15H,3-4,9-14H2,1-2H3,(H,21,23). The van der Waals surface area contributed by atoms with Gasteiger partial charge in [0.25, 0.3) is 0 Å². The van der Waals surface area contributed by atoms with Gasteiger partial charge in [-0.1, -0.05) is 19.1 Å². The van der Waals surface area contributed by atoms with Crippen LogP contribution in [0, 0.1) is 11.3 Å². The minimum absolute atomic E-state index is 0.0426. The number of ether oxygens (including phenoxy) is 1. The summed E-state index contributed by atoms with van der Waals surface area (Å²) in [5, 5.41) is 2.98. The third-order valence-corrected chi connectivity index (χ3v) is 5.40. The summed E-state index contributed by atoms with van der Waals surface area (Å²) in [6, 6.07) is 7.83. The third-order valence-electron chi connectivity index (χ3n) is 5.40. The highest BCUT2D eigenvalue weighted by Crippen LogP contribution is 2.48. The van der Waals surface area contributed by atoms with Gasteiger partial charge in [0, 0.05) is 19.6 Å². The van der Waals surface area contributed by atoms with E-state index in [2.05, 4.69) is 12.2 Å². The molecule has 2 aliphatic rings. The van der Waals surface area contributed by atoms with Crippen LogP contribution in [0.4, 0.5) is 0 Å². The molecule has 3 rings (SSSR count). The summed E-state index contributed by atoms with van der Waals surface area (Å²) in [5.74, 6) is 1.31. The van der Waals surface area contributed by atoms with E-state index >= 15 is 0 Å². The zero-order valence-corrected chi connectivity index (χ0v) is 15.2. The Morgan fingerprint density at radius 2 is 2.00 bits per heavy atom. The second kappa shape index (κ2) is 7.46. The lowest BCUT2D eigenvalue weighted by Gasteiger charge is -2.33. The van der Waals surface area contributed by atoms with Gasteiger partial charge in [0.15, 0.2) is 0 Å². The molecule has 1 aliphatic heterocycles. The van der Waals surface area contributed by atoms with Gasteiger partial charge >= 0.3 is 0 Å². The van der Waals surface area contributed by atoms with Gasteiger partial charge in [-0.05, 0) is 55.7 Å². The minimum Gasteiger partial charge on any atom is -0.497 e. The fourth-order valence-corrected chi connectivity index (χ4v) is 3.62. The van der Waals surface area contributed by atoms with Gasteiger partial charge in [-0.2, -0.15) is 0 Å². The molecule has 1 aromatic rings. The van der Waals surface area contributed by atoms with Crippen molar-refractivity contribution in [1.82, 2.24) is 10.2 Å². The van der Waals surface area contributed by atoms with Crippen LogP contribution in [-0.2, 0) is 16.0 Å². The van der Waals surface area contributed by atoms with Crippen molar-refractivity contribution in [1.29, 1.82) is 0 Å². The molecule has 1 aliphatic carbocycles. The molecule has 1 saturated heterocycles. The summed E-state index contributed by atoms with van der Waals surface area (Å²) in [5.41, 5.74) is 0.360. The highest BCUT2D eigenvalue weighted by Gasteiger charge is 2.58. The lowest BCUT2D eigenvalue weighted by molar-refractivity contribution is -0.145. The zero-order valence-electron chi connectivity index (χ0n) is 15.2. The van der Waals surface area contributed by atoms with Crippen molar-refractivity contribution < 1.29 is 14.3 Å². The zero-order chi connectivity index (χ0) is 17.9. The molecule has 25 heavy (non-hydrogen) atoms. The number of carbonyl (C=O) groups is 2. The molecule has 2 fully saturated rings. The minimum atomic E-state index is -0.781. The summed E-state index contributed by atoms with van der Waals surface area (Å²) in [7, 11) is 1.64. The summed E-state index contributed by atoms with van der Waals surface area (Å²) >= 11 is 0. The largest absolute Gasteiger partial charge is 0.497 e. The van der Waals surface area contributed by atoms with E-state index in [4.69, 9.17) is 4.74 Å². The van der Waals surface area contributed by atoms with Crippen LogP contribution in [-0.4, -0.2) is 43.5 Å². The molecule has 5 nitrogen and oxygen atoms in total. The van der Waals surface area contributed by atoms with Gasteiger partial charge in [-0.3, -0.25) is 9.59 Å². The number of rotatable bonds is 6. The predicted molar refractivity (Wildman–Crippen MR) is 96.4 cm³/mol. The topological polar surface area (TPSA) is 58.6 Å². The smallest absolute Gasteiger partial charge is 0.238 e. The van der Waals surface area contributed by atoms with E-state index in [0.717, 1.165) is 37.2 Å². The van der Waals surface area contributed by atoms with Crippen molar-refractivity contribution >= 4 is 11.8 Å². The van der Waals surface area contributed by atoms with Crippen LogP contribution in [0.15, 0.2) is 24.3 Å². The number of hydrogen-bond donors (Lipinski definition) is 1. The SMILES string of the molecule is COc1ccc(CCNC(=O)C2(C(=O)N3CCCC(C)C3)CC2)cc1. The van der Waals surface area contributed by atoms with Crippen molar-refractivity contribution in [2.75, 3.05) is 26.7 Å². The van der Waals surface area contributed by atoms with E-state index in [-0.39, 0.29) is 11.8 Å². The number of piperidine rings is 1. The van der Waals surface area contributed by atoms with Crippen LogP contribution in [0.25, 0.3) is 0 Å². The number of likely N-dealkylation sites (tertiary alicyclic amines) is 1. The quantitative estimate of drug-likeness (QED) is 0.806. The molecule has 0 aromatic heterocycles. The molecule has 0 bridgehead atoms. The second-order valence-electron chi connectivity index (χ2n) is 7.43. The van der Waals surface area contributed by atoms with Crippen LogP contribution in [0.3, 0.4) is 0 Å². The Bertz CT molecular complexity index is 622. The second-order valence-corrected chi connectivity index (χ2v) is 7.43. The number of nitrogens with one attached hydrogen (secondary N) is 1. The number of benzene rings is 1. The Balaban J connectivity index is 1.50. The van der Waals surface area contributed by atoms with Crippen molar-refractivity contribution in [3.8, 4) is 5.75 Å². The van der Waals surface area contributed by atoms with Gasteiger partial charge in [0.2, 0.25) is 11.8 Å². The van der Waals surface area contributed by atoms with Crippen molar-refractivity contribution in [2.45, 2.75) is 39.0 Å². The number of hydrogen-bond acceptors (Lipinski definition) is 3. The van der Waals surface area contributed by atoms with E-state index in [1.54, 1.807) is 7.11 Å². The van der Waals surface area contributed by atoms with E-state index in [9.17, 15) is 9.59 Å². The molecule has 1 heterocycles. The average Bonchev–Trinajstić information content (AvgIpc) is 3.43. The van der Waals surface area contributed by atoms with Crippen LogP contribution < -0.4 is 10.1 Å². The Kier molecular flexibility index (Phi) is 5.30. The lowest BCUT2D eigenvalue weighted by atomic mass is 9.96. The molecule has 0 radical (unpaired) electrons. The molecule has 1 N–H and O–H groups in total. The molecule has 2 amide bonds. The maximum Gasteiger partial charge on any atom is 0.238 e. The molecule has 1 atom stereocenters. The average molecular weight is 344 g/mol. The first-order valence-corrected chi connectivity index (χ1v) is 9.26. The summed E-state index contributed by atoms with van der Waals surface area (Å²) in [6.07, 6.45) is 4.34. The Hall–Kier alpha value is -2.04. The number of amides is 2. The van der Waals surface area contributed by atoms with Gasteiger partial charge in [-0.15, -0.1) is 0 Å². The Morgan fingerprint density at radius 1 is 1.28 bits per heavy atom. The molecule has 1 saturated carbocycles. The van der Waals surface area contributed by atoms with Gasteiger partial charge in [0.05, 0.1) is 7.11 Å². The third kappa shape index (κ3) is 3.97. The molecule has 1 aromatic carbocycles. The molecule has 136 valence electrons. The van der Waals surface area contributed by atoms with E-state index in [0.29, 0.717) is 25.3 Å². The summed E-state index contributed by atoms with van der Waals surface area (Å²) in [6.45, 7) is 4.31. The van der Waals surface area contributed by atoms with Gasteiger partial charge < -0.3 is 15.0 Å². The maximum atomic E-state index is 12.8.